The van der Waals surface area contributed by atoms with Crippen LogP contribution in [-0.4, -0.2) is 34.4 Å². The van der Waals surface area contributed by atoms with Gasteiger partial charge in [0.1, 0.15) is 5.15 Å². The molecule has 0 aromatic carbocycles. The number of halogens is 1. The SMILES string of the molecule is CC1(C)OB(C(CC(=O)O)c2cccc(Cl)n2)OC1(C)C. The van der Waals surface area contributed by atoms with E-state index in [0.29, 0.717) is 10.8 Å². The fourth-order valence-electron chi connectivity index (χ4n) is 2.21. The molecule has 1 aromatic heterocycles. The zero-order valence-corrected chi connectivity index (χ0v) is 13.3. The number of nitrogens with zero attached hydrogens (tertiary/aromatic N) is 1. The second-order valence-electron chi connectivity index (χ2n) is 6.21. The molecule has 0 bridgehead atoms. The fraction of sp³-hybridized carbons (Fsp3) is 0.571. The van der Waals surface area contributed by atoms with Crippen LogP contribution in [-0.2, 0) is 14.1 Å². The number of hydrogen-bond donors (Lipinski definition) is 1. The van der Waals surface area contributed by atoms with E-state index in [4.69, 9.17) is 26.0 Å². The molecule has 1 unspecified atom stereocenters. The molecule has 1 aliphatic rings. The highest BCUT2D eigenvalue weighted by Gasteiger charge is 2.54. The summed E-state index contributed by atoms with van der Waals surface area (Å²) >= 11 is 5.90. The molecule has 0 saturated carbocycles. The van der Waals surface area contributed by atoms with Crippen molar-refractivity contribution in [2.24, 2.45) is 0 Å². The Kier molecular flexibility index (Phi) is 4.33. The second-order valence-corrected chi connectivity index (χ2v) is 6.60. The lowest BCUT2D eigenvalue weighted by atomic mass is 9.68. The summed E-state index contributed by atoms with van der Waals surface area (Å²) in [6.45, 7) is 7.71. The van der Waals surface area contributed by atoms with Gasteiger partial charge in [-0.15, -0.1) is 0 Å². The van der Waals surface area contributed by atoms with Gasteiger partial charge in [0.2, 0.25) is 0 Å². The summed E-state index contributed by atoms with van der Waals surface area (Å²) in [5.41, 5.74) is -0.483. The Morgan fingerprint density at radius 1 is 1.33 bits per heavy atom. The lowest BCUT2D eigenvalue weighted by Gasteiger charge is -2.32. The first-order valence-electron chi connectivity index (χ1n) is 6.82. The first-order chi connectivity index (χ1) is 9.62. The van der Waals surface area contributed by atoms with Crippen LogP contribution in [0.2, 0.25) is 5.15 Å². The highest BCUT2D eigenvalue weighted by Crippen LogP contribution is 2.41. The van der Waals surface area contributed by atoms with Crippen LogP contribution in [0.3, 0.4) is 0 Å². The van der Waals surface area contributed by atoms with Crippen LogP contribution in [0.5, 0.6) is 0 Å². The lowest BCUT2D eigenvalue weighted by molar-refractivity contribution is -0.137. The van der Waals surface area contributed by atoms with E-state index in [-0.39, 0.29) is 6.42 Å². The van der Waals surface area contributed by atoms with Crippen LogP contribution >= 0.6 is 11.6 Å². The lowest BCUT2D eigenvalue weighted by Crippen LogP contribution is -2.41. The van der Waals surface area contributed by atoms with Gasteiger partial charge in [-0.1, -0.05) is 17.7 Å². The van der Waals surface area contributed by atoms with Gasteiger partial charge in [-0.05, 0) is 39.8 Å². The first kappa shape index (κ1) is 16.3. The van der Waals surface area contributed by atoms with Crippen LogP contribution in [0.1, 0.15) is 45.6 Å². The minimum atomic E-state index is -0.934. The summed E-state index contributed by atoms with van der Waals surface area (Å²) in [7, 11) is -0.669. The Hall–Kier alpha value is -1.11. The van der Waals surface area contributed by atoms with Crippen molar-refractivity contribution in [3.05, 3.63) is 29.0 Å². The minimum Gasteiger partial charge on any atom is -0.481 e. The summed E-state index contributed by atoms with van der Waals surface area (Å²) < 4.78 is 11.9. The molecule has 2 rings (SSSR count). The van der Waals surface area contributed by atoms with Gasteiger partial charge < -0.3 is 14.4 Å². The van der Waals surface area contributed by atoms with E-state index in [2.05, 4.69) is 4.98 Å². The molecular weight excluding hydrogens is 292 g/mol. The number of carbonyl (C=O) groups is 1. The number of aromatic nitrogens is 1. The molecule has 1 aliphatic heterocycles. The van der Waals surface area contributed by atoms with Gasteiger partial charge in [0.15, 0.2) is 0 Å². The van der Waals surface area contributed by atoms with Gasteiger partial charge in [0.05, 0.1) is 17.6 Å². The molecule has 0 radical (unpaired) electrons. The molecule has 2 heterocycles. The topological polar surface area (TPSA) is 68.7 Å². The molecule has 1 saturated heterocycles. The van der Waals surface area contributed by atoms with Crippen molar-refractivity contribution in [2.75, 3.05) is 0 Å². The molecule has 21 heavy (non-hydrogen) atoms. The average molecular weight is 312 g/mol. The zero-order chi connectivity index (χ0) is 15.8. The maximum Gasteiger partial charge on any atom is 0.468 e. The smallest absolute Gasteiger partial charge is 0.468 e. The molecular formula is C14H19BClNO4. The van der Waals surface area contributed by atoms with Crippen molar-refractivity contribution in [1.29, 1.82) is 0 Å². The second kappa shape index (κ2) is 5.59. The predicted octanol–water partition coefficient (Wildman–Crippen LogP) is 2.92. The Morgan fingerprint density at radius 3 is 2.38 bits per heavy atom. The van der Waals surface area contributed by atoms with Crippen molar-refractivity contribution >= 4 is 24.7 Å². The average Bonchev–Trinajstić information content (AvgIpc) is 2.55. The quantitative estimate of drug-likeness (QED) is 0.684. The highest BCUT2D eigenvalue weighted by molar-refractivity contribution is 6.48. The van der Waals surface area contributed by atoms with Crippen LogP contribution in [0.4, 0.5) is 0 Å². The molecule has 1 fully saturated rings. The van der Waals surface area contributed by atoms with Gasteiger partial charge in [-0.25, -0.2) is 4.98 Å². The normalized spacial score (nSPS) is 21.3. The van der Waals surface area contributed by atoms with E-state index >= 15 is 0 Å². The zero-order valence-electron chi connectivity index (χ0n) is 12.6. The maximum absolute atomic E-state index is 11.2. The van der Waals surface area contributed by atoms with E-state index in [0.717, 1.165) is 0 Å². The number of pyridine rings is 1. The molecule has 0 spiro atoms. The Bertz CT molecular complexity index is 534. The van der Waals surface area contributed by atoms with E-state index in [1.165, 1.54) is 0 Å². The van der Waals surface area contributed by atoms with Gasteiger partial charge in [-0.2, -0.15) is 0 Å². The first-order valence-corrected chi connectivity index (χ1v) is 7.20. The minimum absolute atomic E-state index is 0.135. The van der Waals surface area contributed by atoms with Gasteiger partial charge in [-0.3, -0.25) is 4.79 Å². The van der Waals surface area contributed by atoms with Crippen LogP contribution in [0.15, 0.2) is 18.2 Å². The van der Waals surface area contributed by atoms with Crippen molar-refractivity contribution in [2.45, 2.75) is 51.1 Å². The Morgan fingerprint density at radius 2 is 1.90 bits per heavy atom. The van der Waals surface area contributed by atoms with E-state index in [1.54, 1.807) is 18.2 Å². The number of carboxylic acids is 1. The molecule has 0 amide bonds. The fourth-order valence-corrected chi connectivity index (χ4v) is 2.38. The number of aliphatic carboxylic acids is 1. The molecule has 5 nitrogen and oxygen atoms in total. The highest BCUT2D eigenvalue weighted by atomic mass is 35.5. The summed E-state index contributed by atoms with van der Waals surface area (Å²) in [5, 5.41) is 9.48. The van der Waals surface area contributed by atoms with Crippen LogP contribution in [0, 0.1) is 0 Å². The van der Waals surface area contributed by atoms with Crippen molar-refractivity contribution in [3.63, 3.8) is 0 Å². The van der Waals surface area contributed by atoms with Crippen LogP contribution in [0.25, 0.3) is 0 Å². The van der Waals surface area contributed by atoms with Gasteiger partial charge in [0.25, 0.3) is 0 Å². The van der Waals surface area contributed by atoms with Gasteiger partial charge in [0, 0.05) is 11.5 Å². The monoisotopic (exact) mass is 311 g/mol. The number of carboxylic acid groups (broad SMARTS) is 1. The van der Waals surface area contributed by atoms with Crippen molar-refractivity contribution < 1.29 is 19.2 Å². The van der Waals surface area contributed by atoms with E-state index in [1.807, 2.05) is 27.7 Å². The third kappa shape index (κ3) is 3.39. The van der Waals surface area contributed by atoms with E-state index < -0.39 is 30.1 Å². The van der Waals surface area contributed by atoms with Crippen molar-refractivity contribution in [3.8, 4) is 0 Å². The molecule has 114 valence electrons. The van der Waals surface area contributed by atoms with Crippen LogP contribution < -0.4 is 0 Å². The predicted molar refractivity (Wildman–Crippen MR) is 80.3 cm³/mol. The van der Waals surface area contributed by atoms with E-state index in [9.17, 15) is 4.79 Å². The largest absolute Gasteiger partial charge is 0.481 e. The molecule has 1 aromatic rings. The number of rotatable bonds is 4. The molecule has 0 aliphatic carbocycles. The standard InChI is InChI=1S/C14H19BClNO4/c1-13(2)14(3,4)21-15(20-13)9(8-12(18)19)10-6-5-7-11(16)17-10/h5-7,9H,8H2,1-4H3,(H,18,19). The summed E-state index contributed by atoms with van der Waals surface area (Å²) in [5.74, 6) is -1.45. The molecule has 1 atom stereocenters. The number of hydrogen-bond acceptors (Lipinski definition) is 4. The Labute approximate surface area is 129 Å². The Balaban J connectivity index is 2.32. The molecule has 7 heteroatoms. The summed E-state index contributed by atoms with van der Waals surface area (Å²) in [6, 6.07) is 5.13. The molecule has 1 N–H and O–H groups in total. The summed E-state index contributed by atoms with van der Waals surface area (Å²) in [4.78, 5) is 15.4. The van der Waals surface area contributed by atoms with Gasteiger partial charge >= 0.3 is 13.1 Å². The summed E-state index contributed by atoms with van der Waals surface area (Å²) in [6.07, 6.45) is -0.135. The third-order valence-electron chi connectivity index (χ3n) is 4.11. The van der Waals surface area contributed by atoms with Crippen molar-refractivity contribution in [1.82, 2.24) is 4.98 Å². The third-order valence-corrected chi connectivity index (χ3v) is 4.32. The maximum atomic E-state index is 11.2.